The largest absolute Gasteiger partial charge is 0.369 e. The minimum atomic E-state index is -0.605. The molecule has 0 spiro atoms. The van der Waals surface area contributed by atoms with Gasteiger partial charge in [0.1, 0.15) is 0 Å². The lowest BCUT2D eigenvalue weighted by molar-refractivity contribution is -0.122. The maximum Gasteiger partial charge on any atom is 0.227 e. The van der Waals surface area contributed by atoms with Gasteiger partial charge in [-0.2, -0.15) is 0 Å². The van der Waals surface area contributed by atoms with E-state index in [1.54, 1.807) is 0 Å². The first kappa shape index (κ1) is 13.5. The van der Waals surface area contributed by atoms with Crippen molar-refractivity contribution in [3.8, 4) is 0 Å². The number of amides is 1. The molecule has 1 aromatic rings. The molecule has 0 heterocycles. The van der Waals surface area contributed by atoms with E-state index >= 15 is 0 Å². The first-order chi connectivity index (χ1) is 7.98. The van der Waals surface area contributed by atoms with Gasteiger partial charge in [-0.3, -0.25) is 4.79 Å². The molecular weight excluding hydrogens is 210 g/mol. The van der Waals surface area contributed by atoms with Crippen LogP contribution in [0, 0.1) is 0 Å². The number of unbranched alkanes of at least 4 members (excludes halogenated alkanes) is 1. The van der Waals surface area contributed by atoms with Crippen LogP contribution in [0.3, 0.4) is 0 Å². The van der Waals surface area contributed by atoms with Gasteiger partial charge in [-0.1, -0.05) is 49.8 Å². The quantitative estimate of drug-likeness (QED) is 0.830. The lowest BCUT2D eigenvalue weighted by atomic mass is 9.83. The van der Waals surface area contributed by atoms with Gasteiger partial charge in [0, 0.05) is 0 Å². The molecule has 2 N–H and O–H groups in total. The summed E-state index contributed by atoms with van der Waals surface area (Å²) in [4.78, 5) is 11.3. The molecule has 0 aliphatic heterocycles. The van der Waals surface area contributed by atoms with Crippen LogP contribution in [-0.4, -0.2) is 5.91 Å². The maximum absolute atomic E-state index is 11.3. The number of benzene rings is 1. The van der Waals surface area contributed by atoms with Crippen LogP contribution in [0.5, 0.6) is 0 Å². The van der Waals surface area contributed by atoms with E-state index in [2.05, 4.69) is 19.1 Å². The van der Waals surface area contributed by atoms with Crippen LogP contribution < -0.4 is 5.73 Å². The molecule has 0 fully saturated rings. The molecular formula is C15H21NO. The first-order valence-corrected chi connectivity index (χ1v) is 6.05. The smallest absolute Gasteiger partial charge is 0.227 e. The average molecular weight is 231 g/mol. The molecule has 17 heavy (non-hydrogen) atoms. The van der Waals surface area contributed by atoms with E-state index in [-0.39, 0.29) is 5.91 Å². The Balaban J connectivity index is 2.85. The predicted octanol–water partition coefficient (Wildman–Crippen LogP) is 3.26. The summed E-state index contributed by atoms with van der Waals surface area (Å²) >= 11 is 0. The van der Waals surface area contributed by atoms with E-state index in [9.17, 15) is 4.79 Å². The van der Waals surface area contributed by atoms with Crippen molar-refractivity contribution in [1.82, 2.24) is 0 Å². The Bertz CT molecular complexity index is 401. The van der Waals surface area contributed by atoms with Crippen molar-refractivity contribution < 1.29 is 4.79 Å². The molecule has 0 saturated heterocycles. The highest BCUT2D eigenvalue weighted by Crippen LogP contribution is 2.23. The van der Waals surface area contributed by atoms with Gasteiger partial charge in [-0.15, -0.1) is 0 Å². The topological polar surface area (TPSA) is 43.1 Å². The third kappa shape index (κ3) is 3.45. The zero-order valence-electron chi connectivity index (χ0n) is 10.9. The Morgan fingerprint density at radius 2 is 1.88 bits per heavy atom. The number of hydrogen-bond donors (Lipinski definition) is 1. The summed E-state index contributed by atoms with van der Waals surface area (Å²) in [7, 11) is 0. The van der Waals surface area contributed by atoms with Crippen molar-refractivity contribution in [2.75, 3.05) is 0 Å². The lowest BCUT2D eigenvalue weighted by Crippen LogP contribution is -2.35. The van der Waals surface area contributed by atoms with E-state index in [0.29, 0.717) is 0 Å². The fourth-order valence-electron chi connectivity index (χ4n) is 1.54. The third-order valence-corrected chi connectivity index (χ3v) is 3.01. The van der Waals surface area contributed by atoms with Crippen molar-refractivity contribution >= 4 is 12.0 Å². The van der Waals surface area contributed by atoms with Gasteiger partial charge in [0.25, 0.3) is 0 Å². The van der Waals surface area contributed by atoms with Crippen molar-refractivity contribution in [3.63, 3.8) is 0 Å². The number of allylic oxidation sites excluding steroid dienone is 1. The summed E-state index contributed by atoms with van der Waals surface area (Å²) in [6.07, 6.45) is 6.51. The van der Waals surface area contributed by atoms with E-state index in [0.717, 1.165) is 24.0 Å². The van der Waals surface area contributed by atoms with E-state index in [1.807, 2.05) is 38.1 Å². The summed E-state index contributed by atoms with van der Waals surface area (Å²) in [6.45, 7) is 5.84. The minimum Gasteiger partial charge on any atom is -0.369 e. The van der Waals surface area contributed by atoms with Gasteiger partial charge in [-0.05, 0) is 31.4 Å². The lowest BCUT2D eigenvalue weighted by Gasteiger charge is -2.20. The van der Waals surface area contributed by atoms with E-state index in [1.165, 1.54) is 0 Å². The molecule has 1 amide bonds. The Kier molecular flexibility index (Phi) is 4.50. The highest BCUT2D eigenvalue weighted by molar-refractivity contribution is 5.85. The zero-order chi connectivity index (χ0) is 12.9. The molecule has 1 rings (SSSR count). The van der Waals surface area contributed by atoms with Crippen LogP contribution in [0.1, 0.15) is 44.7 Å². The van der Waals surface area contributed by atoms with Crippen LogP contribution in [0.4, 0.5) is 0 Å². The van der Waals surface area contributed by atoms with Crippen LogP contribution in [0.2, 0.25) is 0 Å². The second kappa shape index (κ2) is 5.67. The summed E-state index contributed by atoms with van der Waals surface area (Å²) in [5, 5.41) is 0. The predicted molar refractivity (Wildman–Crippen MR) is 72.6 cm³/mol. The number of hydrogen-bond acceptors (Lipinski definition) is 1. The standard InChI is InChI=1S/C15H21NO/c1-4-5-6-7-12-8-10-13(11-9-12)15(2,3)14(16)17/h6-11H,4-5H2,1-3H3,(H2,16,17)/b7-6+. The number of primary amides is 1. The van der Waals surface area contributed by atoms with Crippen LogP contribution >= 0.6 is 0 Å². The van der Waals surface area contributed by atoms with Gasteiger partial charge in [0.05, 0.1) is 5.41 Å². The van der Waals surface area contributed by atoms with E-state index in [4.69, 9.17) is 5.73 Å². The van der Waals surface area contributed by atoms with Crippen LogP contribution in [0.15, 0.2) is 30.3 Å². The number of nitrogens with two attached hydrogens (primary N) is 1. The monoisotopic (exact) mass is 231 g/mol. The third-order valence-electron chi connectivity index (χ3n) is 3.01. The number of carbonyl (C=O) groups is 1. The van der Waals surface area contributed by atoms with Gasteiger partial charge < -0.3 is 5.73 Å². The molecule has 0 bridgehead atoms. The highest BCUT2D eigenvalue weighted by Gasteiger charge is 2.26. The molecule has 0 saturated carbocycles. The SMILES string of the molecule is CCC/C=C/c1ccc(C(C)(C)C(N)=O)cc1. The van der Waals surface area contributed by atoms with Crippen molar-refractivity contribution in [2.45, 2.75) is 39.0 Å². The fraction of sp³-hybridized carbons (Fsp3) is 0.400. The maximum atomic E-state index is 11.3. The van der Waals surface area contributed by atoms with Gasteiger partial charge in [0.2, 0.25) is 5.91 Å². The summed E-state index contributed by atoms with van der Waals surface area (Å²) in [5.74, 6) is -0.299. The summed E-state index contributed by atoms with van der Waals surface area (Å²) < 4.78 is 0. The van der Waals surface area contributed by atoms with Crippen molar-refractivity contribution in [3.05, 3.63) is 41.5 Å². The molecule has 0 unspecified atom stereocenters. The molecule has 0 aliphatic rings. The molecule has 1 aromatic carbocycles. The second-order valence-corrected chi connectivity index (χ2v) is 4.80. The Morgan fingerprint density at radius 1 is 1.29 bits per heavy atom. The second-order valence-electron chi connectivity index (χ2n) is 4.80. The van der Waals surface area contributed by atoms with Crippen LogP contribution in [0.25, 0.3) is 6.08 Å². The molecule has 0 radical (unpaired) electrons. The summed E-state index contributed by atoms with van der Waals surface area (Å²) in [5.41, 5.74) is 6.89. The van der Waals surface area contributed by atoms with Crippen molar-refractivity contribution in [1.29, 1.82) is 0 Å². The molecule has 0 aromatic heterocycles. The zero-order valence-corrected chi connectivity index (χ0v) is 10.9. The van der Waals surface area contributed by atoms with Crippen LogP contribution in [-0.2, 0) is 10.2 Å². The number of rotatable bonds is 5. The molecule has 2 nitrogen and oxygen atoms in total. The highest BCUT2D eigenvalue weighted by atomic mass is 16.1. The Morgan fingerprint density at radius 3 is 2.35 bits per heavy atom. The molecule has 0 atom stereocenters. The van der Waals surface area contributed by atoms with Crippen molar-refractivity contribution in [2.24, 2.45) is 5.73 Å². The minimum absolute atomic E-state index is 0.299. The Hall–Kier alpha value is -1.57. The van der Waals surface area contributed by atoms with Gasteiger partial charge in [0.15, 0.2) is 0 Å². The first-order valence-electron chi connectivity index (χ1n) is 6.05. The molecule has 0 aliphatic carbocycles. The molecule has 92 valence electrons. The molecule has 2 heteroatoms. The number of carbonyl (C=O) groups excluding carboxylic acids is 1. The van der Waals surface area contributed by atoms with Gasteiger partial charge in [-0.25, -0.2) is 0 Å². The van der Waals surface area contributed by atoms with E-state index < -0.39 is 5.41 Å². The normalized spacial score (nSPS) is 11.9. The Labute approximate surface area is 104 Å². The fourth-order valence-corrected chi connectivity index (χ4v) is 1.54. The summed E-state index contributed by atoms with van der Waals surface area (Å²) in [6, 6.07) is 7.98. The van der Waals surface area contributed by atoms with Gasteiger partial charge >= 0.3 is 0 Å². The average Bonchev–Trinajstić information content (AvgIpc) is 2.30.